The van der Waals surface area contributed by atoms with E-state index in [0.717, 1.165) is 22.6 Å². The first-order valence-electron chi connectivity index (χ1n) is 10.1. The van der Waals surface area contributed by atoms with Gasteiger partial charge in [0.25, 0.3) is 0 Å². The largest absolute Gasteiger partial charge is 0.495 e. The van der Waals surface area contributed by atoms with Crippen LogP contribution >= 0.6 is 11.6 Å². The zero-order chi connectivity index (χ0) is 22.2. The number of carbonyl (C=O) groups excluding carboxylic acids is 1. The van der Waals surface area contributed by atoms with Crippen LogP contribution < -0.4 is 15.4 Å². The SMILES string of the molecule is COc1ccccc1Nc1nc2c(c(Nc3cccc(Cl)c3C)n1)C(=O)CC(C)(C)C2. The van der Waals surface area contributed by atoms with E-state index in [1.165, 1.54) is 0 Å². The summed E-state index contributed by atoms with van der Waals surface area (Å²) in [6.07, 6.45) is 1.13. The van der Waals surface area contributed by atoms with Crippen LogP contribution in [0.3, 0.4) is 0 Å². The Labute approximate surface area is 187 Å². The van der Waals surface area contributed by atoms with Crippen LogP contribution in [0.25, 0.3) is 0 Å². The van der Waals surface area contributed by atoms with Gasteiger partial charge in [-0.05, 0) is 48.6 Å². The molecule has 0 fully saturated rings. The number of fused-ring (bicyclic) bond motifs is 1. The summed E-state index contributed by atoms with van der Waals surface area (Å²) in [7, 11) is 1.62. The van der Waals surface area contributed by atoms with Crippen LogP contribution in [0.1, 0.15) is 41.9 Å². The summed E-state index contributed by atoms with van der Waals surface area (Å²) in [6.45, 7) is 6.09. The van der Waals surface area contributed by atoms with E-state index in [2.05, 4.69) is 29.5 Å². The van der Waals surface area contributed by atoms with E-state index in [-0.39, 0.29) is 11.2 Å². The van der Waals surface area contributed by atoms with Crippen molar-refractivity contribution in [2.75, 3.05) is 17.7 Å². The number of methoxy groups -OCH3 is 1. The fraction of sp³-hybridized carbons (Fsp3) is 0.292. The highest BCUT2D eigenvalue weighted by molar-refractivity contribution is 6.31. The molecule has 2 aromatic carbocycles. The number of benzene rings is 2. The number of para-hydroxylation sites is 2. The lowest BCUT2D eigenvalue weighted by atomic mass is 9.75. The summed E-state index contributed by atoms with van der Waals surface area (Å²) in [4.78, 5) is 22.4. The molecule has 4 rings (SSSR count). The van der Waals surface area contributed by atoms with Crippen molar-refractivity contribution >= 4 is 40.5 Å². The van der Waals surface area contributed by atoms with E-state index in [1.54, 1.807) is 7.11 Å². The molecule has 1 aliphatic rings. The maximum atomic E-state index is 13.0. The Morgan fingerprint density at radius 3 is 2.52 bits per heavy atom. The Bertz CT molecular complexity index is 1160. The van der Waals surface area contributed by atoms with E-state index in [4.69, 9.17) is 21.3 Å². The first-order valence-corrected chi connectivity index (χ1v) is 10.5. The quantitative estimate of drug-likeness (QED) is 0.504. The first-order chi connectivity index (χ1) is 14.8. The van der Waals surface area contributed by atoms with E-state index in [1.807, 2.05) is 49.4 Å². The number of Topliss-reactive ketones (excluding diaryl/α,β-unsaturated/α-hetero) is 1. The summed E-state index contributed by atoms with van der Waals surface area (Å²) in [5.41, 5.74) is 3.55. The van der Waals surface area contributed by atoms with Gasteiger partial charge in [-0.15, -0.1) is 0 Å². The number of carbonyl (C=O) groups is 1. The Morgan fingerprint density at radius 1 is 1.00 bits per heavy atom. The molecule has 0 spiro atoms. The summed E-state index contributed by atoms with van der Waals surface area (Å²) >= 11 is 6.30. The fourth-order valence-electron chi connectivity index (χ4n) is 3.85. The van der Waals surface area contributed by atoms with E-state index >= 15 is 0 Å². The van der Waals surface area contributed by atoms with Crippen LogP contribution in [-0.2, 0) is 6.42 Å². The molecule has 160 valence electrons. The molecule has 7 heteroatoms. The van der Waals surface area contributed by atoms with Gasteiger partial charge in [-0.1, -0.05) is 43.6 Å². The normalized spacial score (nSPS) is 14.7. The van der Waals surface area contributed by atoms with Crippen molar-refractivity contribution < 1.29 is 9.53 Å². The Hall–Kier alpha value is -3.12. The molecule has 31 heavy (non-hydrogen) atoms. The lowest BCUT2D eigenvalue weighted by Gasteiger charge is -2.30. The third-order valence-corrected chi connectivity index (χ3v) is 5.83. The smallest absolute Gasteiger partial charge is 0.229 e. The number of anilines is 4. The summed E-state index contributed by atoms with van der Waals surface area (Å²) in [5, 5.41) is 7.22. The summed E-state index contributed by atoms with van der Waals surface area (Å²) < 4.78 is 5.43. The monoisotopic (exact) mass is 436 g/mol. The second kappa shape index (κ2) is 8.19. The molecule has 6 nitrogen and oxygen atoms in total. The Balaban J connectivity index is 1.81. The average molecular weight is 437 g/mol. The van der Waals surface area contributed by atoms with Crippen LogP contribution in [0.15, 0.2) is 42.5 Å². The minimum Gasteiger partial charge on any atom is -0.495 e. The van der Waals surface area contributed by atoms with Gasteiger partial charge in [0, 0.05) is 17.1 Å². The van der Waals surface area contributed by atoms with Crippen LogP contribution in [0, 0.1) is 12.3 Å². The number of hydrogen-bond donors (Lipinski definition) is 2. The van der Waals surface area contributed by atoms with Gasteiger partial charge in [0.2, 0.25) is 5.95 Å². The molecular weight excluding hydrogens is 412 g/mol. The van der Waals surface area contributed by atoms with Crippen LogP contribution in [0.5, 0.6) is 5.75 Å². The molecule has 1 aromatic heterocycles. The predicted molar refractivity (Wildman–Crippen MR) is 124 cm³/mol. The molecule has 0 atom stereocenters. The van der Waals surface area contributed by atoms with Crippen molar-refractivity contribution in [1.82, 2.24) is 9.97 Å². The van der Waals surface area contributed by atoms with Gasteiger partial charge < -0.3 is 15.4 Å². The van der Waals surface area contributed by atoms with Crippen molar-refractivity contribution in [1.29, 1.82) is 0 Å². The molecule has 0 bridgehead atoms. The summed E-state index contributed by atoms with van der Waals surface area (Å²) in [6, 6.07) is 13.2. The minimum atomic E-state index is -0.163. The molecule has 1 aliphatic carbocycles. The van der Waals surface area contributed by atoms with Gasteiger partial charge in [-0.2, -0.15) is 4.98 Å². The standard InChI is InChI=1S/C24H25ClN4O2/c1-14-15(25)8-7-10-16(14)26-22-21-18(12-24(2,3)13-19(21)30)28-23(29-22)27-17-9-5-6-11-20(17)31-4/h5-11H,12-13H2,1-4H3,(H2,26,27,28,29). The molecule has 2 N–H and O–H groups in total. The second-order valence-electron chi connectivity index (χ2n) is 8.52. The van der Waals surface area contributed by atoms with E-state index in [0.29, 0.717) is 40.9 Å². The fourth-order valence-corrected chi connectivity index (χ4v) is 4.03. The minimum absolute atomic E-state index is 0.0391. The maximum absolute atomic E-state index is 13.0. The predicted octanol–water partition coefficient (Wildman–Crippen LogP) is 6.09. The summed E-state index contributed by atoms with van der Waals surface area (Å²) in [5.74, 6) is 1.60. The second-order valence-corrected chi connectivity index (χ2v) is 8.93. The third-order valence-electron chi connectivity index (χ3n) is 5.42. The zero-order valence-electron chi connectivity index (χ0n) is 18.0. The first kappa shape index (κ1) is 21.1. The average Bonchev–Trinajstić information content (AvgIpc) is 2.70. The molecule has 0 saturated carbocycles. The number of ether oxygens (including phenoxy) is 1. The third kappa shape index (κ3) is 4.35. The van der Waals surface area contributed by atoms with Crippen molar-refractivity contribution in [3.8, 4) is 5.75 Å². The molecular formula is C24H25ClN4O2. The molecule has 0 radical (unpaired) electrons. The van der Waals surface area contributed by atoms with Crippen molar-refractivity contribution in [3.63, 3.8) is 0 Å². The highest BCUT2D eigenvalue weighted by Crippen LogP contribution is 2.39. The highest BCUT2D eigenvalue weighted by Gasteiger charge is 2.35. The van der Waals surface area contributed by atoms with Crippen molar-refractivity contribution in [2.24, 2.45) is 5.41 Å². The topological polar surface area (TPSA) is 76.1 Å². The number of rotatable bonds is 5. The number of ketones is 1. The van der Waals surface area contributed by atoms with Gasteiger partial charge in [0.05, 0.1) is 24.1 Å². The molecule has 0 aliphatic heterocycles. The van der Waals surface area contributed by atoms with Gasteiger partial charge in [0.1, 0.15) is 11.6 Å². The van der Waals surface area contributed by atoms with E-state index in [9.17, 15) is 4.79 Å². The Morgan fingerprint density at radius 2 is 1.74 bits per heavy atom. The Kier molecular flexibility index (Phi) is 5.58. The van der Waals surface area contributed by atoms with Crippen molar-refractivity contribution in [2.45, 2.75) is 33.6 Å². The van der Waals surface area contributed by atoms with Crippen LogP contribution in [0.2, 0.25) is 5.02 Å². The van der Waals surface area contributed by atoms with Gasteiger partial charge in [-0.25, -0.2) is 4.98 Å². The van der Waals surface area contributed by atoms with E-state index < -0.39 is 0 Å². The number of nitrogens with zero attached hydrogens (tertiary/aromatic N) is 2. The lowest BCUT2D eigenvalue weighted by molar-refractivity contribution is 0.0911. The van der Waals surface area contributed by atoms with Crippen LogP contribution in [0.4, 0.5) is 23.1 Å². The van der Waals surface area contributed by atoms with Crippen LogP contribution in [-0.4, -0.2) is 22.9 Å². The number of halogens is 1. The van der Waals surface area contributed by atoms with Gasteiger partial charge >= 0.3 is 0 Å². The number of hydrogen-bond acceptors (Lipinski definition) is 6. The highest BCUT2D eigenvalue weighted by atomic mass is 35.5. The molecule has 0 amide bonds. The zero-order valence-corrected chi connectivity index (χ0v) is 18.8. The maximum Gasteiger partial charge on any atom is 0.229 e. The van der Waals surface area contributed by atoms with Crippen molar-refractivity contribution in [3.05, 3.63) is 64.3 Å². The molecule has 0 saturated heterocycles. The molecule has 3 aromatic rings. The lowest BCUT2D eigenvalue weighted by Crippen LogP contribution is -2.29. The van der Waals surface area contributed by atoms with Gasteiger partial charge in [-0.3, -0.25) is 4.79 Å². The number of aromatic nitrogens is 2. The molecule has 0 unspecified atom stereocenters. The number of nitrogens with one attached hydrogen (secondary N) is 2. The van der Waals surface area contributed by atoms with Gasteiger partial charge in [0.15, 0.2) is 5.78 Å². The molecule has 1 heterocycles.